The van der Waals surface area contributed by atoms with Gasteiger partial charge in [0.15, 0.2) is 0 Å². The van der Waals surface area contributed by atoms with Crippen LogP contribution in [0.4, 0.5) is 10.1 Å². The van der Waals surface area contributed by atoms with Gasteiger partial charge in [0.1, 0.15) is 5.82 Å². The minimum atomic E-state index is -3.64. The van der Waals surface area contributed by atoms with E-state index in [9.17, 15) is 17.6 Å². The molecule has 1 N–H and O–H groups in total. The van der Waals surface area contributed by atoms with Crippen LogP contribution in [0.2, 0.25) is 0 Å². The zero-order valence-electron chi connectivity index (χ0n) is 13.9. The summed E-state index contributed by atoms with van der Waals surface area (Å²) < 4.78 is 40.7. The van der Waals surface area contributed by atoms with E-state index in [0.717, 1.165) is 4.47 Å². The van der Waals surface area contributed by atoms with Crippen LogP contribution in [-0.2, 0) is 14.8 Å². The van der Waals surface area contributed by atoms with Crippen molar-refractivity contribution in [3.05, 3.63) is 58.8 Å². The van der Waals surface area contributed by atoms with Gasteiger partial charge in [0.25, 0.3) is 0 Å². The average Bonchev–Trinajstić information content (AvgIpc) is 2.64. The molecule has 2 aromatic rings. The Morgan fingerprint density at radius 1 is 1.12 bits per heavy atom. The molecule has 1 aliphatic heterocycles. The maximum absolute atomic E-state index is 13.0. The Labute approximate surface area is 160 Å². The predicted octanol–water partition coefficient (Wildman–Crippen LogP) is 3.63. The maximum Gasteiger partial charge on any atom is 0.243 e. The number of rotatable bonds is 4. The van der Waals surface area contributed by atoms with Crippen molar-refractivity contribution < 1.29 is 17.6 Å². The first-order valence-corrected chi connectivity index (χ1v) is 10.4. The second-order valence-electron chi connectivity index (χ2n) is 6.15. The lowest BCUT2D eigenvalue weighted by molar-refractivity contribution is -0.120. The molecule has 1 heterocycles. The second-order valence-corrected chi connectivity index (χ2v) is 9.01. The number of nitrogens with zero attached hydrogens (tertiary/aromatic N) is 1. The lowest BCUT2D eigenvalue weighted by atomic mass is 9.99. The molecule has 0 saturated carbocycles. The highest BCUT2D eigenvalue weighted by atomic mass is 79.9. The van der Waals surface area contributed by atoms with Gasteiger partial charge in [0, 0.05) is 23.2 Å². The molecule has 26 heavy (non-hydrogen) atoms. The van der Waals surface area contributed by atoms with E-state index < -0.39 is 15.9 Å². The van der Waals surface area contributed by atoms with Gasteiger partial charge in [-0.15, -0.1) is 0 Å². The summed E-state index contributed by atoms with van der Waals surface area (Å²) in [6, 6.07) is 11.9. The SMILES string of the molecule is O=C(Nc1ccc(F)cc1)C1CCCN(S(=O)(=O)c2ccc(Br)cc2)C1. The third-order valence-electron chi connectivity index (χ3n) is 4.32. The molecule has 1 unspecified atom stereocenters. The highest BCUT2D eigenvalue weighted by molar-refractivity contribution is 9.10. The third kappa shape index (κ3) is 4.31. The van der Waals surface area contributed by atoms with Crippen molar-refractivity contribution in [2.45, 2.75) is 17.7 Å². The van der Waals surface area contributed by atoms with Crippen molar-refractivity contribution in [2.24, 2.45) is 5.92 Å². The molecule has 5 nitrogen and oxygen atoms in total. The van der Waals surface area contributed by atoms with Crippen LogP contribution < -0.4 is 5.32 Å². The molecular formula is C18H18BrFN2O3S. The third-order valence-corrected chi connectivity index (χ3v) is 6.73. The van der Waals surface area contributed by atoms with Crippen molar-refractivity contribution in [2.75, 3.05) is 18.4 Å². The summed E-state index contributed by atoms with van der Waals surface area (Å²) >= 11 is 3.29. The normalized spacial score (nSPS) is 18.5. The number of hydrogen-bond donors (Lipinski definition) is 1. The van der Waals surface area contributed by atoms with E-state index in [1.54, 1.807) is 24.3 Å². The summed E-state index contributed by atoms with van der Waals surface area (Å²) in [7, 11) is -3.64. The van der Waals surface area contributed by atoms with E-state index in [1.165, 1.54) is 28.6 Å². The van der Waals surface area contributed by atoms with Gasteiger partial charge in [-0.2, -0.15) is 4.31 Å². The number of carbonyl (C=O) groups excluding carboxylic acids is 1. The Balaban J connectivity index is 1.71. The molecule has 0 aromatic heterocycles. The van der Waals surface area contributed by atoms with Crippen LogP contribution in [0, 0.1) is 11.7 Å². The maximum atomic E-state index is 13.0. The van der Waals surface area contributed by atoms with E-state index in [4.69, 9.17) is 0 Å². The van der Waals surface area contributed by atoms with Gasteiger partial charge in [-0.05, 0) is 61.4 Å². The second kappa shape index (κ2) is 7.85. The number of hydrogen-bond acceptors (Lipinski definition) is 3. The standard InChI is InChI=1S/C18H18BrFN2O3S/c19-14-3-9-17(10-4-14)26(24,25)22-11-1-2-13(12-22)18(23)21-16-7-5-15(20)6-8-16/h3-10,13H,1-2,11-12H2,(H,21,23). The minimum absolute atomic E-state index is 0.130. The van der Waals surface area contributed by atoms with Crippen molar-refractivity contribution >= 4 is 37.5 Å². The molecule has 3 rings (SSSR count). The number of halogens is 2. The quantitative estimate of drug-likeness (QED) is 0.788. The topological polar surface area (TPSA) is 66.5 Å². The lowest BCUT2D eigenvalue weighted by Gasteiger charge is -2.31. The first-order valence-electron chi connectivity index (χ1n) is 8.18. The summed E-state index contributed by atoms with van der Waals surface area (Å²) in [6.45, 7) is 0.518. The molecule has 8 heteroatoms. The van der Waals surface area contributed by atoms with Crippen LogP contribution in [0.25, 0.3) is 0 Å². The van der Waals surface area contributed by atoms with Crippen molar-refractivity contribution in [1.82, 2.24) is 4.31 Å². The van der Waals surface area contributed by atoms with E-state index in [0.29, 0.717) is 25.1 Å². The summed E-state index contributed by atoms with van der Waals surface area (Å²) in [5.41, 5.74) is 0.490. The number of benzene rings is 2. The largest absolute Gasteiger partial charge is 0.326 e. The van der Waals surface area contributed by atoms with Crippen LogP contribution in [0.1, 0.15) is 12.8 Å². The number of anilines is 1. The van der Waals surface area contributed by atoms with Gasteiger partial charge >= 0.3 is 0 Å². The molecule has 0 spiro atoms. The molecular weight excluding hydrogens is 423 g/mol. The van der Waals surface area contributed by atoms with Gasteiger partial charge in [0.2, 0.25) is 15.9 Å². The van der Waals surface area contributed by atoms with Crippen LogP contribution in [0.3, 0.4) is 0 Å². The van der Waals surface area contributed by atoms with Crippen LogP contribution in [-0.4, -0.2) is 31.7 Å². The Bertz CT molecular complexity index is 886. The van der Waals surface area contributed by atoms with Crippen LogP contribution in [0.5, 0.6) is 0 Å². The molecule has 2 aromatic carbocycles. The Morgan fingerprint density at radius 3 is 2.42 bits per heavy atom. The number of amides is 1. The van der Waals surface area contributed by atoms with E-state index >= 15 is 0 Å². The molecule has 138 valence electrons. The Hall–Kier alpha value is -1.77. The smallest absolute Gasteiger partial charge is 0.243 e. The number of carbonyl (C=O) groups is 1. The van der Waals surface area contributed by atoms with E-state index in [2.05, 4.69) is 21.2 Å². The lowest BCUT2D eigenvalue weighted by Crippen LogP contribution is -2.43. The summed E-state index contributed by atoms with van der Waals surface area (Å²) in [5.74, 6) is -1.08. The Morgan fingerprint density at radius 2 is 1.77 bits per heavy atom. The number of sulfonamides is 1. The molecule has 1 fully saturated rings. The molecule has 1 amide bonds. The zero-order chi connectivity index (χ0) is 18.7. The highest BCUT2D eigenvalue weighted by Crippen LogP contribution is 2.25. The van der Waals surface area contributed by atoms with Gasteiger partial charge in [-0.3, -0.25) is 4.79 Å². The van der Waals surface area contributed by atoms with E-state index in [-0.39, 0.29) is 23.2 Å². The fraction of sp³-hybridized carbons (Fsp3) is 0.278. The first kappa shape index (κ1) is 19.0. The number of piperidine rings is 1. The van der Waals surface area contributed by atoms with Gasteiger partial charge < -0.3 is 5.32 Å². The molecule has 0 aliphatic carbocycles. The monoisotopic (exact) mass is 440 g/mol. The zero-order valence-corrected chi connectivity index (χ0v) is 16.3. The highest BCUT2D eigenvalue weighted by Gasteiger charge is 2.33. The summed E-state index contributed by atoms with van der Waals surface area (Å²) in [4.78, 5) is 12.7. The molecule has 1 atom stereocenters. The van der Waals surface area contributed by atoms with Gasteiger partial charge in [0.05, 0.1) is 10.8 Å². The summed E-state index contributed by atoms with van der Waals surface area (Å²) in [6.07, 6.45) is 1.22. The van der Waals surface area contributed by atoms with Gasteiger partial charge in [-0.25, -0.2) is 12.8 Å². The van der Waals surface area contributed by atoms with Crippen molar-refractivity contribution in [3.63, 3.8) is 0 Å². The fourth-order valence-corrected chi connectivity index (χ4v) is 4.70. The van der Waals surface area contributed by atoms with Crippen molar-refractivity contribution in [1.29, 1.82) is 0 Å². The Kier molecular flexibility index (Phi) is 5.74. The number of nitrogens with one attached hydrogen (secondary N) is 1. The predicted molar refractivity (Wildman–Crippen MR) is 101 cm³/mol. The van der Waals surface area contributed by atoms with Crippen LogP contribution >= 0.6 is 15.9 Å². The minimum Gasteiger partial charge on any atom is -0.326 e. The molecule has 0 radical (unpaired) electrons. The first-order chi connectivity index (χ1) is 12.4. The molecule has 1 aliphatic rings. The molecule has 0 bridgehead atoms. The van der Waals surface area contributed by atoms with Gasteiger partial charge in [-0.1, -0.05) is 15.9 Å². The fourth-order valence-electron chi connectivity index (χ4n) is 2.91. The van der Waals surface area contributed by atoms with Crippen molar-refractivity contribution in [3.8, 4) is 0 Å². The van der Waals surface area contributed by atoms with E-state index in [1.807, 2.05) is 0 Å². The molecule has 1 saturated heterocycles. The van der Waals surface area contributed by atoms with Crippen LogP contribution in [0.15, 0.2) is 57.9 Å². The average molecular weight is 441 g/mol. The summed E-state index contributed by atoms with van der Waals surface area (Å²) in [5, 5.41) is 2.72.